The van der Waals surface area contributed by atoms with Crippen LogP contribution in [-0.4, -0.2) is 19.2 Å². The molecule has 0 radical (unpaired) electrons. The Kier molecular flexibility index (Phi) is 3.81. The molecule has 0 aromatic heterocycles. The van der Waals surface area contributed by atoms with E-state index in [4.69, 9.17) is 9.47 Å². The number of hydrogen-bond donors (Lipinski definition) is 0. The fraction of sp³-hybridized carbons (Fsp3) is 0.357. The van der Waals surface area contributed by atoms with E-state index in [1.807, 2.05) is 6.08 Å². The van der Waals surface area contributed by atoms with Crippen LogP contribution in [0.2, 0.25) is 0 Å². The van der Waals surface area contributed by atoms with Gasteiger partial charge in [0.25, 0.3) is 0 Å². The van der Waals surface area contributed by atoms with Crippen molar-refractivity contribution in [3.63, 3.8) is 0 Å². The maximum Gasteiger partial charge on any atom is 0.338 e. The minimum absolute atomic E-state index is 0.0710. The van der Waals surface area contributed by atoms with Gasteiger partial charge in [0.05, 0.1) is 12.7 Å². The van der Waals surface area contributed by atoms with Gasteiger partial charge in [-0.05, 0) is 49.6 Å². The second-order valence-electron chi connectivity index (χ2n) is 4.03. The van der Waals surface area contributed by atoms with Gasteiger partial charge >= 0.3 is 5.97 Å². The molecule has 0 saturated heterocycles. The Morgan fingerprint density at radius 2 is 2.06 bits per heavy atom. The molecule has 2 rings (SSSR count). The molecule has 0 saturated carbocycles. The molecule has 0 heterocycles. The van der Waals surface area contributed by atoms with Crippen LogP contribution in [0.3, 0.4) is 0 Å². The molecule has 1 atom stereocenters. The summed E-state index contributed by atoms with van der Waals surface area (Å²) in [6.07, 6.45) is 7.03. The summed E-state index contributed by atoms with van der Waals surface area (Å²) in [7, 11) is 1.60. The summed E-state index contributed by atoms with van der Waals surface area (Å²) in [6, 6.07) is 6.95. The van der Waals surface area contributed by atoms with Crippen molar-refractivity contribution < 1.29 is 14.3 Å². The predicted octanol–water partition coefficient (Wildman–Crippen LogP) is 2.96. The van der Waals surface area contributed by atoms with Gasteiger partial charge in [-0.1, -0.05) is 6.08 Å². The first kappa shape index (κ1) is 11.7. The number of methoxy groups -OCH3 is 1. The summed E-state index contributed by atoms with van der Waals surface area (Å²) in [4.78, 5) is 11.8. The van der Waals surface area contributed by atoms with Crippen LogP contribution >= 0.6 is 0 Å². The molecular formula is C14H16O3. The van der Waals surface area contributed by atoms with E-state index < -0.39 is 0 Å². The van der Waals surface area contributed by atoms with Gasteiger partial charge in [-0.15, -0.1) is 0 Å². The van der Waals surface area contributed by atoms with Crippen molar-refractivity contribution in [3.8, 4) is 5.75 Å². The summed E-state index contributed by atoms with van der Waals surface area (Å²) in [5.41, 5.74) is 0.560. The van der Waals surface area contributed by atoms with Crippen LogP contribution in [0.1, 0.15) is 29.6 Å². The third-order valence-electron chi connectivity index (χ3n) is 2.79. The van der Waals surface area contributed by atoms with E-state index >= 15 is 0 Å². The smallest absolute Gasteiger partial charge is 0.338 e. The van der Waals surface area contributed by atoms with E-state index in [-0.39, 0.29) is 12.1 Å². The number of benzene rings is 1. The molecule has 3 heteroatoms. The first-order valence-corrected chi connectivity index (χ1v) is 5.81. The number of carbonyl (C=O) groups is 1. The average molecular weight is 232 g/mol. The predicted molar refractivity (Wildman–Crippen MR) is 65.2 cm³/mol. The molecule has 0 unspecified atom stereocenters. The normalized spacial score (nSPS) is 18.8. The molecule has 0 fully saturated rings. The highest BCUT2D eigenvalue weighted by Crippen LogP contribution is 2.17. The van der Waals surface area contributed by atoms with E-state index in [0.717, 1.165) is 25.0 Å². The molecule has 0 aliphatic heterocycles. The van der Waals surface area contributed by atoms with Crippen LogP contribution in [0, 0.1) is 0 Å². The van der Waals surface area contributed by atoms with Crippen molar-refractivity contribution in [1.29, 1.82) is 0 Å². The molecule has 0 spiro atoms. The van der Waals surface area contributed by atoms with Crippen molar-refractivity contribution in [2.45, 2.75) is 25.4 Å². The Balaban J connectivity index is 1.98. The van der Waals surface area contributed by atoms with Gasteiger partial charge in [0.1, 0.15) is 11.9 Å². The van der Waals surface area contributed by atoms with Crippen molar-refractivity contribution in [2.75, 3.05) is 7.11 Å². The highest BCUT2D eigenvalue weighted by molar-refractivity contribution is 5.89. The molecule has 17 heavy (non-hydrogen) atoms. The minimum atomic E-state index is -0.274. The van der Waals surface area contributed by atoms with E-state index in [0.29, 0.717) is 5.56 Å². The molecule has 0 N–H and O–H groups in total. The van der Waals surface area contributed by atoms with Crippen molar-refractivity contribution in [3.05, 3.63) is 42.0 Å². The number of ether oxygens (including phenoxy) is 2. The zero-order valence-electron chi connectivity index (χ0n) is 9.89. The fourth-order valence-corrected chi connectivity index (χ4v) is 1.81. The Morgan fingerprint density at radius 3 is 2.65 bits per heavy atom. The van der Waals surface area contributed by atoms with E-state index in [1.54, 1.807) is 31.4 Å². The largest absolute Gasteiger partial charge is 0.497 e. The third kappa shape index (κ3) is 3.09. The van der Waals surface area contributed by atoms with Gasteiger partial charge in [0, 0.05) is 0 Å². The minimum Gasteiger partial charge on any atom is -0.497 e. The average Bonchev–Trinajstić information content (AvgIpc) is 2.40. The topological polar surface area (TPSA) is 35.5 Å². The van der Waals surface area contributed by atoms with Crippen LogP contribution < -0.4 is 4.74 Å². The summed E-state index contributed by atoms with van der Waals surface area (Å²) < 4.78 is 10.4. The molecule has 1 aromatic rings. The molecule has 1 aliphatic rings. The van der Waals surface area contributed by atoms with Crippen molar-refractivity contribution >= 4 is 5.97 Å². The first-order chi connectivity index (χ1) is 8.29. The fourth-order valence-electron chi connectivity index (χ4n) is 1.81. The van der Waals surface area contributed by atoms with Crippen LogP contribution in [0.25, 0.3) is 0 Å². The summed E-state index contributed by atoms with van der Waals surface area (Å²) >= 11 is 0. The van der Waals surface area contributed by atoms with E-state index in [1.165, 1.54) is 0 Å². The number of esters is 1. The Morgan fingerprint density at radius 1 is 1.29 bits per heavy atom. The summed E-state index contributed by atoms with van der Waals surface area (Å²) in [6.45, 7) is 0. The van der Waals surface area contributed by atoms with Crippen molar-refractivity contribution in [1.82, 2.24) is 0 Å². The molecule has 3 nitrogen and oxygen atoms in total. The Hall–Kier alpha value is -1.77. The van der Waals surface area contributed by atoms with Gasteiger partial charge in [-0.2, -0.15) is 0 Å². The second kappa shape index (κ2) is 5.53. The van der Waals surface area contributed by atoms with Crippen LogP contribution in [0.5, 0.6) is 5.75 Å². The van der Waals surface area contributed by atoms with Crippen molar-refractivity contribution in [2.24, 2.45) is 0 Å². The Labute approximate surface area is 101 Å². The number of rotatable bonds is 3. The van der Waals surface area contributed by atoms with Crippen LogP contribution in [0.15, 0.2) is 36.4 Å². The molecule has 0 amide bonds. The van der Waals surface area contributed by atoms with Crippen LogP contribution in [-0.2, 0) is 4.74 Å². The number of allylic oxidation sites excluding steroid dienone is 1. The maximum absolute atomic E-state index is 11.8. The molecule has 1 aromatic carbocycles. The van der Waals surface area contributed by atoms with Gasteiger partial charge in [0.15, 0.2) is 0 Å². The lowest BCUT2D eigenvalue weighted by Gasteiger charge is -2.17. The highest BCUT2D eigenvalue weighted by Gasteiger charge is 2.15. The van der Waals surface area contributed by atoms with E-state index in [9.17, 15) is 4.79 Å². The number of hydrogen-bond acceptors (Lipinski definition) is 3. The standard InChI is InChI=1S/C14H16O3/c1-16-12-9-7-11(8-10-12)14(15)17-13-5-3-2-4-6-13/h3,5,7-10,13H,2,4,6H2,1H3/t13-/m1/s1. The zero-order chi connectivity index (χ0) is 12.1. The lowest BCUT2D eigenvalue weighted by atomic mass is 10.1. The van der Waals surface area contributed by atoms with Gasteiger partial charge in [-0.3, -0.25) is 0 Å². The monoisotopic (exact) mass is 232 g/mol. The highest BCUT2D eigenvalue weighted by atomic mass is 16.5. The summed E-state index contributed by atoms with van der Waals surface area (Å²) in [5, 5.41) is 0. The van der Waals surface area contributed by atoms with Gasteiger partial charge < -0.3 is 9.47 Å². The molecule has 0 bridgehead atoms. The summed E-state index contributed by atoms with van der Waals surface area (Å²) in [5.74, 6) is 0.461. The van der Waals surface area contributed by atoms with Crippen LogP contribution in [0.4, 0.5) is 0 Å². The maximum atomic E-state index is 11.8. The third-order valence-corrected chi connectivity index (χ3v) is 2.79. The SMILES string of the molecule is COc1ccc(C(=O)O[C@@H]2C=CCCC2)cc1. The zero-order valence-corrected chi connectivity index (χ0v) is 9.89. The Bertz CT molecular complexity index is 406. The van der Waals surface area contributed by atoms with Gasteiger partial charge in [0.2, 0.25) is 0 Å². The second-order valence-corrected chi connectivity index (χ2v) is 4.03. The van der Waals surface area contributed by atoms with Gasteiger partial charge in [-0.25, -0.2) is 4.79 Å². The molecule has 90 valence electrons. The quantitative estimate of drug-likeness (QED) is 0.593. The molecular weight excluding hydrogens is 216 g/mol. The molecule has 1 aliphatic carbocycles. The number of carbonyl (C=O) groups excluding carboxylic acids is 1. The van der Waals surface area contributed by atoms with E-state index in [2.05, 4.69) is 6.08 Å². The lowest BCUT2D eigenvalue weighted by Crippen LogP contribution is -2.17. The lowest BCUT2D eigenvalue weighted by molar-refractivity contribution is 0.0370. The first-order valence-electron chi connectivity index (χ1n) is 5.81.